The van der Waals surface area contributed by atoms with Gasteiger partial charge in [0.1, 0.15) is 23.7 Å². The minimum atomic E-state index is -0.645. The van der Waals surface area contributed by atoms with Gasteiger partial charge in [0.05, 0.1) is 13.2 Å². The fourth-order valence-corrected chi connectivity index (χ4v) is 5.79. The maximum atomic E-state index is 14.2. The standard InChI is InChI=1S/C30H28FN3O3/c1-2-37-26-14-8-5-11-21(26)29-28-22(20-10-4-7-13-24(20)32-28)17-25-30(36)33(18-27(35)34(25)29)16-15-19-9-3-6-12-23(19)31/h3-14,25,29,32H,2,15-18H2,1H3/t25-,29+/m0/s1. The summed E-state index contributed by atoms with van der Waals surface area (Å²) in [5, 5.41) is 1.06. The van der Waals surface area contributed by atoms with E-state index in [1.165, 1.54) is 6.07 Å². The quantitative estimate of drug-likeness (QED) is 0.422. The van der Waals surface area contributed by atoms with E-state index in [-0.39, 0.29) is 30.7 Å². The van der Waals surface area contributed by atoms with Gasteiger partial charge in [0.15, 0.2) is 0 Å². The van der Waals surface area contributed by atoms with Crippen LogP contribution in [-0.2, 0) is 22.4 Å². The first kappa shape index (κ1) is 23.3. The number of ether oxygens (including phenoxy) is 1. The number of rotatable bonds is 6. The van der Waals surface area contributed by atoms with Gasteiger partial charge in [-0.05, 0) is 42.7 Å². The molecule has 3 aromatic carbocycles. The Bertz CT molecular complexity index is 1500. The first-order chi connectivity index (χ1) is 18.1. The molecule has 3 heterocycles. The fraction of sp³-hybridized carbons (Fsp3) is 0.267. The topological polar surface area (TPSA) is 65.6 Å². The number of halogens is 1. The number of hydrogen-bond acceptors (Lipinski definition) is 3. The summed E-state index contributed by atoms with van der Waals surface area (Å²) in [5.74, 6) is 0.167. The number of carbonyl (C=O) groups excluding carboxylic acids is 2. The van der Waals surface area contributed by atoms with Crippen LogP contribution in [0.25, 0.3) is 10.9 Å². The molecule has 37 heavy (non-hydrogen) atoms. The van der Waals surface area contributed by atoms with E-state index in [4.69, 9.17) is 4.74 Å². The number of H-pyrrole nitrogens is 1. The molecule has 1 fully saturated rings. The van der Waals surface area contributed by atoms with Gasteiger partial charge < -0.3 is 19.5 Å². The normalized spacial score (nSPS) is 19.2. The van der Waals surface area contributed by atoms with Gasteiger partial charge in [-0.15, -0.1) is 0 Å². The molecule has 0 bridgehead atoms. The number of hydrogen-bond donors (Lipinski definition) is 1. The first-order valence-electron chi connectivity index (χ1n) is 12.7. The molecule has 0 radical (unpaired) electrons. The number of amides is 2. The van der Waals surface area contributed by atoms with Crippen molar-refractivity contribution in [2.75, 3.05) is 19.7 Å². The van der Waals surface area contributed by atoms with E-state index in [2.05, 4.69) is 11.1 Å². The second-order valence-electron chi connectivity index (χ2n) is 9.56. The summed E-state index contributed by atoms with van der Waals surface area (Å²) in [6.07, 6.45) is 0.779. The van der Waals surface area contributed by atoms with E-state index in [1.54, 1.807) is 28.0 Å². The maximum absolute atomic E-state index is 14.2. The predicted octanol–water partition coefficient (Wildman–Crippen LogP) is 4.63. The number of carbonyl (C=O) groups is 2. The van der Waals surface area contributed by atoms with Gasteiger partial charge in [-0.2, -0.15) is 0 Å². The van der Waals surface area contributed by atoms with E-state index < -0.39 is 12.1 Å². The number of nitrogens with one attached hydrogen (secondary N) is 1. The number of para-hydroxylation sites is 2. The maximum Gasteiger partial charge on any atom is 0.246 e. The summed E-state index contributed by atoms with van der Waals surface area (Å²) in [5.41, 5.74) is 4.33. The van der Waals surface area contributed by atoms with E-state index in [9.17, 15) is 14.0 Å². The number of aromatic amines is 1. The Hall–Kier alpha value is -4.13. The van der Waals surface area contributed by atoms with Crippen LogP contribution in [0.1, 0.15) is 35.3 Å². The second kappa shape index (κ2) is 9.39. The van der Waals surface area contributed by atoms with Gasteiger partial charge in [-0.3, -0.25) is 9.59 Å². The average Bonchev–Trinajstić information content (AvgIpc) is 3.29. The molecule has 4 aromatic rings. The third-order valence-electron chi connectivity index (χ3n) is 7.46. The molecule has 2 aliphatic rings. The Labute approximate surface area is 214 Å². The number of piperazine rings is 1. The molecule has 0 saturated carbocycles. The van der Waals surface area contributed by atoms with Crippen molar-refractivity contribution in [1.29, 1.82) is 0 Å². The minimum Gasteiger partial charge on any atom is -0.494 e. The van der Waals surface area contributed by atoms with Crippen LogP contribution in [0.15, 0.2) is 72.8 Å². The first-order valence-corrected chi connectivity index (χ1v) is 12.7. The van der Waals surface area contributed by atoms with Crippen LogP contribution in [-0.4, -0.2) is 52.3 Å². The molecule has 6 nitrogen and oxygen atoms in total. The molecular weight excluding hydrogens is 469 g/mol. The number of aromatic nitrogens is 1. The highest BCUT2D eigenvalue weighted by Crippen LogP contribution is 2.44. The van der Waals surface area contributed by atoms with Crippen LogP contribution in [0.4, 0.5) is 4.39 Å². The molecule has 1 saturated heterocycles. The van der Waals surface area contributed by atoms with Crippen LogP contribution in [0.5, 0.6) is 5.75 Å². The Kier molecular flexibility index (Phi) is 5.91. The lowest BCUT2D eigenvalue weighted by atomic mass is 9.86. The van der Waals surface area contributed by atoms with Crippen molar-refractivity contribution < 1.29 is 18.7 Å². The Morgan fingerprint density at radius 2 is 1.76 bits per heavy atom. The Balaban J connectivity index is 1.42. The van der Waals surface area contributed by atoms with E-state index in [1.807, 2.05) is 49.4 Å². The Morgan fingerprint density at radius 3 is 2.59 bits per heavy atom. The third kappa shape index (κ3) is 3.95. The van der Waals surface area contributed by atoms with Crippen molar-refractivity contribution in [3.63, 3.8) is 0 Å². The van der Waals surface area contributed by atoms with Gasteiger partial charge in [0.2, 0.25) is 11.8 Å². The van der Waals surface area contributed by atoms with E-state index in [0.29, 0.717) is 30.8 Å². The fourth-order valence-electron chi connectivity index (χ4n) is 5.79. The monoisotopic (exact) mass is 497 g/mol. The second-order valence-corrected chi connectivity index (χ2v) is 9.56. The molecule has 0 spiro atoms. The van der Waals surface area contributed by atoms with Crippen LogP contribution in [0.3, 0.4) is 0 Å². The summed E-state index contributed by atoms with van der Waals surface area (Å²) >= 11 is 0. The van der Waals surface area contributed by atoms with E-state index in [0.717, 1.165) is 27.7 Å². The number of benzene rings is 3. The van der Waals surface area contributed by atoms with E-state index >= 15 is 0 Å². The molecule has 0 aliphatic carbocycles. The minimum absolute atomic E-state index is 0.0351. The van der Waals surface area contributed by atoms with Gasteiger partial charge >= 0.3 is 0 Å². The zero-order chi connectivity index (χ0) is 25.5. The van der Waals surface area contributed by atoms with Crippen molar-refractivity contribution in [3.8, 4) is 5.75 Å². The van der Waals surface area contributed by atoms with Crippen molar-refractivity contribution in [2.45, 2.75) is 31.8 Å². The van der Waals surface area contributed by atoms with Crippen LogP contribution < -0.4 is 4.74 Å². The van der Waals surface area contributed by atoms with Crippen LogP contribution in [0.2, 0.25) is 0 Å². The highest BCUT2D eigenvalue weighted by molar-refractivity contribution is 5.97. The summed E-state index contributed by atoms with van der Waals surface area (Å²) in [6, 6.07) is 21.2. The largest absolute Gasteiger partial charge is 0.494 e. The molecular formula is C30H28FN3O3. The highest BCUT2D eigenvalue weighted by atomic mass is 19.1. The Morgan fingerprint density at radius 1 is 1.00 bits per heavy atom. The molecule has 0 unspecified atom stereocenters. The lowest BCUT2D eigenvalue weighted by molar-refractivity contribution is -0.158. The molecule has 188 valence electrons. The van der Waals surface area contributed by atoms with Gasteiger partial charge in [-0.1, -0.05) is 54.6 Å². The highest BCUT2D eigenvalue weighted by Gasteiger charge is 2.48. The van der Waals surface area contributed by atoms with Crippen LogP contribution in [0, 0.1) is 5.82 Å². The lowest BCUT2D eigenvalue weighted by Gasteiger charge is -2.47. The molecule has 1 aromatic heterocycles. The van der Waals surface area contributed by atoms with Crippen molar-refractivity contribution in [1.82, 2.24) is 14.8 Å². The van der Waals surface area contributed by atoms with Crippen molar-refractivity contribution in [3.05, 3.63) is 101 Å². The number of nitrogens with zero attached hydrogens (tertiary/aromatic N) is 2. The smallest absolute Gasteiger partial charge is 0.246 e. The predicted molar refractivity (Wildman–Crippen MR) is 139 cm³/mol. The molecule has 1 N–H and O–H groups in total. The SMILES string of the molecule is CCOc1ccccc1[C@@H]1c2[nH]c3ccccc3c2C[C@H]2C(=O)N(CCc3ccccc3F)CC(=O)N12. The third-order valence-corrected chi connectivity index (χ3v) is 7.46. The summed E-state index contributed by atoms with van der Waals surface area (Å²) in [7, 11) is 0. The van der Waals surface area contributed by atoms with Gasteiger partial charge in [-0.25, -0.2) is 4.39 Å². The zero-order valence-corrected chi connectivity index (χ0v) is 20.6. The summed E-state index contributed by atoms with van der Waals surface area (Å²) < 4.78 is 20.2. The lowest BCUT2D eigenvalue weighted by Crippen LogP contribution is -2.63. The zero-order valence-electron chi connectivity index (χ0n) is 20.6. The van der Waals surface area contributed by atoms with Crippen molar-refractivity contribution >= 4 is 22.7 Å². The van der Waals surface area contributed by atoms with Gasteiger partial charge in [0, 0.05) is 35.1 Å². The average molecular weight is 498 g/mol. The molecule has 2 amide bonds. The summed E-state index contributed by atoms with van der Waals surface area (Å²) in [4.78, 5) is 34.5. The summed E-state index contributed by atoms with van der Waals surface area (Å²) in [6.45, 7) is 2.67. The van der Waals surface area contributed by atoms with Gasteiger partial charge in [0.25, 0.3) is 0 Å². The molecule has 7 heteroatoms. The number of fused-ring (bicyclic) bond motifs is 4. The molecule has 2 aliphatic heterocycles. The molecule has 6 rings (SSSR count). The molecule has 2 atom stereocenters. The van der Waals surface area contributed by atoms with Crippen LogP contribution >= 0.6 is 0 Å². The van der Waals surface area contributed by atoms with Crippen molar-refractivity contribution in [2.24, 2.45) is 0 Å².